The smallest absolute Gasteiger partial charge is 0.223 e. The molecule has 1 fully saturated rings. The zero-order valence-corrected chi connectivity index (χ0v) is 12.6. The molecule has 1 heterocycles. The van der Waals surface area contributed by atoms with Gasteiger partial charge in [-0.1, -0.05) is 24.3 Å². The van der Waals surface area contributed by atoms with Crippen molar-refractivity contribution >= 4 is 5.91 Å². The fourth-order valence-corrected chi connectivity index (χ4v) is 2.44. The maximum absolute atomic E-state index is 12.1. The minimum Gasteiger partial charge on any atom is -0.340 e. The molecule has 0 saturated carbocycles. The molecule has 4 heteroatoms. The first kappa shape index (κ1) is 15.0. The Bertz CT molecular complexity index is 439. The molecule has 1 aromatic rings. The summed E-state index contributed by atoms with van der Waals surface area (Å²) in [6.07, 6.45) is 0.593. The van der Waals surface area contributed by atoms with Gasteiger partial charge in [-0.2, -0.15) is 0 Å². The van der Waals surface area contributed by atoms with E-state index in [0.29, 0.717) is 6.42 Å². The number of rotatable bonds is 5. The van der Waals surface area contributed by atoms with Gasteiger partial charge in [-0.25, -0.2) is 0 Å². The average molecular weight is 275 g/mol. The summed E-state index contributed by atoms with van der Waals surface area (Å²) in [4.78, 5) is 16.3. The number of amides is 1. The van der Waals surface area contributed by atoms with Crippen molar-refractivity contribution in [3.05, 3.63) is 35.4 Å². The second-order valence-corrected chi connectivity index (χ2v) is 5.54. The zero-order valence-electron chi connectivity index (χ0n) is 12.6. The van der Waals surface area contributed by atoms with Crippen LogP contribution in [0.1, 0.15) is 17.5 Å². The van der Waals surface area contributed by atoms with Crippen molar-refractivity contribution in [3.63, 3.8) is 0 Å². The second-order valence-electron chi connectivity index (χ2n) is 5.54. The lowest BCUT2D eigenvalue weighted by molar-refractivity contribution is -0.132. The molecule has 0 radical (unpaired) electrons. The lowest BCUT2D eigenvalue weighted by Gasteiger charge is -2.32. The van der Waals surface area contributed by atoms with Crippen LogP contribution in [0.25, 0.3) is 0 Å². The first-order chi connectivity index (χ1) is 9.66. The van der Waals surface area contributed by atoms with E-state index < -0.39 is 0 Å². The molecule has 1 aliphatic heterocycles. The van der Waals surface area contributed by atoms with Crippen LogP contribution in [0.3, 0.4) is 0 Å². The highest BCUT2D eigenvalue weighted by Crippen LogP contribution is 2.06. The van der Waals surface area contributed by atoms with E-state index in [2.05, 4.69) is 48.5 Å². The number of hydrogen-bond donors (Lipinski definition) is 1. The van der Waals surface area contributed by atoms with Crippen molar-refractivity contribution in [2.45, 2.75) is 19.9 Å². The number of aryl methyl sites for hydroxylation is 1. The van der Waals surface area contributed by atoms with Gasteiger partial charge >= 0.3 is 0 Å². The summed E-state index contributed by atoms with van der Waals surface area (Å²) < 4.78 is 0. The fourth-order valence-electron chi connectivity index (χ4n) is 2.44. The minimum atomic E-state index is 0.274. The van der Waals surface area contributed by atoms with Crippen LogP contribution in [0.2, 0.25) is 0 Å². The molecule has 0 unspecified atom stereocenters. The second kappa shape index (κ2) is 7.41. The molecule has 1 aliphatic rings. The zero-order chi connectivity index (χ0) is 14.4. The van der Waals surface area contributed by atoms with E-state index in [1.165, 1.54) is 11.1 Å². The molecule has 1 saturated heterocycles. The third-order valence-corrected chi connectivity index (χ3v) is 3.95. The molecule has 1 N–H and O–H groups in total. The molecule has 110 valence electrons. The first-order valence-electron chi connectivity index (χ1n) is 7.38. The van der Waals surface area contributed by atoms with Gasteiger partial charge in [-0.15, -0.1) is 0 Å². The Labute approximate surface area is 121 Å². The summed E-state index contributed by atoms with van der Waals surface area (Å²) in [5.41, 5.74) is 2.60. The number of nitrogens with one attached hydrogen (secondary N) is 1. The van der Waals surface area contributed by atoms with Crippen LogP contribution in [0.15, 0.2) is 24.3 Å². The quantitative estimate of drug-likeness (QED) is 0.822. The van der Waals surface area contributed by atoms with Crippen LogP contribution in [0.4, 0.5) is 0 Å². The molecule has 0 spiro atoms. The van der Waals surface area contributed by atoms with E-state index in [1.807, 2.05) is 4.90 Å². The maximum atomic E-state index is 12.1. The Morgan fingerprint density at radius 1 is 1.20 bits per heavy atom. The molecule has 20 heavy (non-hydrogen) atoms. The van der Waals surface area contributed by atoms with Crippen molar-refractivity contribution < 1.29 is 4.79 Å². The highest BCUT2D eigenvalue weighted by Gasteiger charge is 2.18. The SMILES string of the molecule is Cc1ccccc1CNCCC(=O)N1CCN(C)CC1. The third kappa shape index (κ3) is 4.32. The molecule has 2 rings (SSSR count). The number of piperazine rings is 1. The lowest BCUT2D eigenvalue weighted by Crippen LogP contribution is -2.47. The summed E-state index contributed by atoms with van der Waals surface area (Å²) in [6.45, 7) is 7.42. The van der Waals surface area contributed by atoms with E-state index in [0.717, 1.165) is 39.3 Å². The molecule has 1 amide bonds. The van der Waals surface area contributed by atoms with Gasteiger partial charge in [0.2, 0.25) is 5.91 Å². The number of hydrogen-bond acceptors (Lipinski definition) is 3. The summed E-state index contributed by atoms with van der Waals surface area (Å²) in [5, 5.41) is 3.36. The highest BCUT2D eigenvalue weighted by atomic mass is 16.2. The standard InChI is InChI=1S/C16H25N3O/c1-14-5-3-4-6-15(14)13-17-8-7-16(20)19-11-9-18(2)10-12-19/h3-6,17H,7-13H2,1-2H3. The van der Waals surface area contributed by atoms with Crippen LogP contribution in [0, 0.1) is 6.92 Å². The van der Waals surface area contributed by atoms with Crippen LogP contribution < -0.4 is 5.32 Å². The monoisotopic (exact) mass is 275 g/mol. The predicted octanol–water partition coefficient (Wildman–Crippen LogP) is 1.25. The first-order valence-corrected chi connectivity index (χ1v) is 7.38. The molecular formula is C16H25N3O. The van der Waals surface area contributed by atoms with Gasteiger partial charge in [-0.05, 0) is 25.1 Å². The Morgan fingerprint density at radius 2 is 1.90 bits per heavy atom. The van der Waals surface area contributed by atoms with Gasteiger partial charge in [0, 0.05) is 45.7 Å². The van der Waals surface area contributed by atoms with Gasteiger partial charge < -0.3 is 15.1 Å². The van der Waals surface area contributed by atoms with E-state index >= 15 is 0 Å². The summed E-state index contributed by atoms with van der Waals surface area (Å²) in [5.74, 6) is 0.274. The normalized spacial score (nSPS) is 16.4. The highest BCUT2D eigenvalue weighted by molar-refractivity contribution is 5.76. The third-order valence-electron chi connectivity index (χ3n) is 3.95. The van der Waals surface area contributed by atoms with Gasteiger partial charge in [0.15, 0.2) is 0 Å². The predicted molar refractivity (Wildman–Crippen MR) is 81.6 cm³/mol. The van der Waals surface area contributed by atoms with Crippen molar-refractivity contribution in [2.24, 2.45) is 0 Å². The Hall–Kier alpha value is -1.39. The number of nitrogens with zero attached hydrogens (tertiary/aromatic N) is 2. The van der Waals surface area contributed by atoms with Crippen LogP contribution in [-0.2, 0) is 11.3 Å². The molecule has 1 aromatic carbocycles. The molecule has 0 atom stereocenters. The topological polar surface area (TPSA) is 35.6 Å². The number of carbonyl (C=O) groups excluding carboxylic acids is 1. The van der Waals surface area contributed by atoms with Crippen molar-refractivity contribution in [2.75, 3.05) is 39.8 Å². The van der Waals surface area contributed by atoms with Crippen LogP contribution >= 0.6 is 0 Å². The van der Waals surface area contributed by atoms with E-state index in [9.17, 15) is 4.79 Å². The van der Waals surface area contributed by atoms with Crippen molar-refractivity contribution in [3.8, 4) is 0 Å². The fraction of sp³-hybridized carbons (Fsp3) is 0.562. The Morgan fingerprint density at radius 3 is 2.60 bits per heavy atom. The lowest BCUT2D eigenvalue weighted by atomic mass is 10.1. The van der Waals surface area contributed by atoms with Crippen molar-refractivity contribution in [1.82, 2.24) is 15.1 Å². The molecule has 0 aromatic heterocycles. The average Bonchev–Trinajstić information content (AvgIpc) is 2.46. The van der Waals surface area contributed by atoms with E-state index in [-0.39, 0.29) is 5.91 Å². The summed E-state index contributed by atoms with van der Waals surface area (Å²) in [6, 6.07) is 8.35. The van der Waals surface area contributed by atoms with Crippen LogP contribution in [-0.4, -0.2) is 55.5 Å². The van der Waals surface area contributed by atoms with Crippen molar-refractivity contribution in [1.29, 1.82) is 0 Å². The largest absolute Gasteiger partial charge is 0.340 e. The Kier molecular flexibility index (Phi) is 5.56. The molecule has 0 bridgehead atoms. The van der Waals surface area contributed by atoms with Crippen LogP contribution in [0.5, 0.6) is 0 Å². The summed E-state index contributed by atoms with van der Waals surface area (Å²) >= 11 is 0. The van der Waals surface area contributed by atoms with Gasteiger partial charge in [0.05, 0.1) is 0 Å². The maximum Gasteiger partial charge on any atom is 0.223 e. The van der Waals surface area contributed by atoms with Gasteiger partial charge in [-0.3, -0.25) is 4.79 Å². The minimum absolute atomic E-state index is 0.274. The Balaban J connectivity index is 1.66. The number of benzene rings is 1. The van der Waals surface area contributed by atoms with Gasteiger partial charge in [0.1, 0.15) is 0 Å². The summed E-state index contributed by atoms with van der Waals surface area (Å²) in [7, 11) is 2.10. The molecule has 0 aliphatic carbocycles. The number of likely N-dealkylation sites (N-methyl/N-ethyl adjacent to an activating group) is 1. The van der Waals surface area contributed by atoms with E-state index in [4.69, 9.17) is 0 Å². The van der Waals surface area contributed by atoms with E-state index in [1.54, 1.807) is 0 Å². The van der Waals surface area contributed by atoms with Gasteiger partial charge in [0.25, 0.3) is 0 Å². The molecule has 4 nitrogen and oxygen atoms in total. The number of carbonyl (C=O) groups is 1. The molecular weight excluding hydrogens is 250 g/mol.